The van der Waals surface area contributed by atoms with E-state index in [1.807, 2.05) is 19.2 Å². The summed E-state index contributed by atoms with van der Waals surface area (Å²) < 4.78 is 11.2. The van der Waals surface area contributed by atoms with Gasteiger partial charge in [0.2, 0.25) is 0 Å². The highest BCUT2D eigenvalue weighted by Crippen LogP contribution is 2.39. The third-order valence-electron chi connectivity index (χ3n) is 4.70. The van der Waals surface area contributed by atoms with Gasteiger partial charge in [0, 0.05) is 17.7 Å². The van der Waals surface area contributed by atoms with Gasteiger partial charge in [-0.2, -0.15) is 0 Å². The summed E-state index contributed by atoms with van der Waals surface area (Å²) in [6.07, 6.45) is 4.96. The number of esters is 1. The van der Waals surface area contributed by atoms with Crippen LogP contribution in [0.15, 0.2) is 17.0 Å². The molecule has 0 aliphatic carbocycles. The maximum absolute atomic E-state index is 12.0. The topological polar surface area (TPSA) is 38.8 Å². The molecule has 1 aromatic carbocycles. The first-order chi connectivity index (χ1) is 12.5. The molecule has 0 saturated carbocycles. The standard InChI is InChI=1S/C20H30ClNO3S/c1-4-6-7-15(5-2)14-25-20(23)8-11-26-19-13-18-17(12-16(19)21)22(3)9-10-24-18/h12-13,15H,4-11,14H2,1-3H3. The van der Waals surface area contributed by atoms with Crippen LogP contribution < -0.4 is 9.64 Å². The van der Waals surface area contributed by atoms with Crippen LogP contribution in [0, 0.1) is 5.92 Å². The molecule has 1 atom stereocenters. The van der Waals surface area contributed by atoms with Gasteiger partial charge in [0.25, 0.3) is 0 Å². The molecule has 1 aliphatic heterocycles. The van der Waals surface area contributed by atoms with Crippen LogP contribution >= 0.6 is 23.4 Å². The Hall–Kier alpha value is -1.07. The second kappa shape index (κ2) is 10.9. The number of hydrogen-bond donors (Lipinski definition) is 0. The number of fused-ring (bicyclic) bond motifs is 1. The molecule has 0 saturated heterocycles. The second-order valence-electron chi connectivity index (χ2n) is 6.72. The summed E-state index contributed by atoms with van der Waals surface area (Å²) in [5.74, 6) is 1.86. The summed E-state index contributed by atoms with van der Waals surface area (Å²) in [7, 11) is 2.03. The first-order valence-corrected chi connectivity index (χ1v) is 10.9. The number of nitrogens with zero attached hydrogens (tertiary/aromatic N) is 1. The van der Waals surface area contributed by atoms with Crippen LogP contribution in [0.3, 0.4) is 0 Å². The molecule has 0 aromatic heterocycles. The van der Waals surface area contributed by atoms with Crippen molar-refractivity contribution in [2.75, 3.05) is 37.5 Å². The highest BCUT2D eigenvalue weighted by Gasteiger charge is 2.18. The van der Waals surface area contributed by atoms with Gasteiger partial charge in [-0.25, -0.2) is 0 Å². The third-order valence-corrected chi connectivity index (χ3v) is 6.18. The van der Waals surface area contributed by atoms with Gasteiger partial charge in [-0.3, -0.25) is 4.79 Å². The quantitative estimate of drug-likeness (QED) is 0.388. The summed E-state index contributed by atoms with van der Waals surface area (Å²) in [4.78, 5) is 15.1. The number of unbranched alkanes of at least 4 members (excludes halogenated alkanes) is 1. The molecule has 1 aliphatic rings. The van der Waals surface area contributed by atoms with Gasteiger partial charge in [0.05, 0.1) is 30.3 Å². The van der Waals surface area contributed by atoms with E-state index in [-0.39, 0.29) is 5.97 Å². The predicted octanol–water partition coefficient (Wildman–Crippen LogP) is 5.41. The average Bonchev–Trinajstić information content (AvgIpc) is 2.63. The van der Waals surface area contributed by atoms with E-state index in [1.165, 1.54) is 12.8 Å². The monoisotopic (exact) mass is 399 g/mol. The number of carbonyl (C=O) groups is 1. The van der Waals surface area contributed by atoms with Crippen molar-refractivity contribution in [3.05, 3.63) is 17.2 Å². The molecule has 0 radical (unpaired) electrons. The number of benzene rings is 1. The van der Waals surface area contributed by atoms with Crippen LogP contribution in [0.4, 0.5) is 5.69 Å². The molecule has 0 fully saturated rings. The van der Waals surface area contributed by atoms with E-state index in [2.05, 4.69) is 18.7 Å². The summed E-state index contributed by atoms with van der Waals surface area (Å²) in [6, 6.07) is 3.91. The molecule has 0 N–H and O–H groups in total. The van der Waals surface area contributed by atoms with Crippen LogP contribution in [-0.4, -0.2) is 38.5 Å². The number of halogens is 1. The maximum Gasteiger partial charge on any atom is 0.306 e. The molecule has 146 valence electrons. The highest BCUT2D eigenvalue weighted by atomic mass is 35.5. The lowest BCUT2D eigenvalue weighted by atomic mass is 10.0. The van der Waals surface area contributed by atoms with Crippen molar-refractivity contribution in [3.8, 4) is 5.75 Å². The summed E-state index contributed by atoms with van der Waals surface area (Å²) in [5.41, 5.74) is 1.02. The summed E-state index contributed by atoms with van der Waals surface area (Å²) >= 11 is 7.96. The predicted molar refractivity (Wildman–Crippen MR) is 110 cm³/mol. The SMILES string of the molecule is CCCCC(CC)COC(=O)CCSc1cc2c(cc1Cl)N(C)CCO2. The Labute approximate surface area is 166 Å². The Balaban J connectivity index is 1.78. The minimum absolute atomic E-state index is 0.127. The van der Waals surface area contributed by atoms with Crippen molar-refractivity contribution in [3.63, 3.8) is 0 Å². The van der Waals surface area contributed by atoms with Crippen LogP contribution in [0.1, 0.15) is 46.0 Å². The largest absolute Gasteiger partial charge is 0.490 e. The molecule has 0 spiro atoms. The molecule has 6 heteroatoms. The Bertz CT molecular complexity index is 597. The van der Waals surface area contributed by atoms with E-state index in [4.69, 9.17) is 21.1 Å². The van der Waals surface area contributed by atoms with Crippen molar-refractivity contribution >= 4 is 35.0 Å². The van der Waals surface area contributed by atoms with Crippen molar-refractivity contribution in [2.45, 2.75) is 50.8 Å². The molecule has 0 amide bonds. The normalized spacial score (nSPS) is 14.5. The van der Waals surface area contributed by atoms with E-state index >= 15 is 0 Å². The third kappa shape index (κ3) is 6.27. The number of likely N-dealkylation sites (N-methyl/N-ethyl adjacent to an activating group) is 1. The molecule has 2 rings (SSSR count). The zero-order valence-electron chi connectivity index (χ0n) is 16.1. The minimum atomic E-state index is -0.127. The zero-order valence-corrected chi connectivity index (χ0v) is 17.6. The van der Waals surface area contributed by atoms with Crippen LogP contribution in [0.5, 0.6) is 5.75 Å². The number of hydrogen-bond acceptors (Lipinski definition) is 5. The molecule has 1 unspecified atom stereocenters. The number of thioether (sulfide) groups is 1. The van der Waals surface area contributed by atoms with Crippen molar-refractivity contribution in [1.82, 2.24) is 0 Å². The first-order valence-electron chi connectivity index (χ1n) is 9.51. The maximum atomic E-state index is 12.0. The van der Waals surface area contributed by atoms with Gasteiger partial charge in [-0.1, -0.05) is 44.7 Å². The van der Waals surface area contributed by atoms with E-state index in [9.17, 15) is 4.79 Å². The fraction of sp³-hybridized carbons (Fsp3) is 0.650. The lowest BCUT2D eigenvalue weighted by Crippen LogP contribution is -2.28. The van der Waals surface area contributed by atoms with Crippen LogP contribution in [-0.2, 0) is 9.53 Å². The number of anilines is 1. The number of ether oxygens (including phenoxy) is 2. The lowest BCUT2D eigenvalue weighted by Gasteiger charge is -2.28. The molecule has 1 heterocycles. The molecule has 0 bridgehead atoms. The molecule has 26 heavy (non-hydrogen) atoms. The fourth-order valence-electron chi connectivity index (χ4n) is 2.89. The second-order valence-corrected chi connectivity index (χ2v) is 8.26. The van der Waals surface area contributed by atoms with E-state index in [0.717, 1.165) is 35.7 Å². The van der Waals surface area contributed by atoms with Gasteiger partial charge in [0.1, 0.15) is 12.4 Å². The van der Waals surface area contributed by atoms with E-state index in [0.29, 0.717) is 36.3 Å². The smallest absolute Gasteiger partial charge is 0.306 e. The Kier molecular flexibility index (Phi) is 8.93. The van der Waals surface area contributed by atoms with E-state index < -0.39 is 0 Å². The van der Waals surface area contributed by atoms with Gasteiger partial charge < -0.3 is 14.4 Å². The van der Waals surface area contributed by atoms with E-state index in [1.54, 1.807) is 11.8 Å². The lowest BCUT2D eigenvalue weighted by molar-refractivity contribution is -0.144. The Morgan fingerprint density at radius 2 is 2.23 bits per heavy atom. The van der Waals surface area contributed by atoms with Gasteiger partial charge >= 0.3 is 5.97 Å². The Morgan fingerprint density at radius 3 is 2.96 bits per heavy atom. The molecule has 1 aromatic rings. The minimum Gasteiger partial charge on any atom is -0.490 e. The number of rotatable bonds is 10. The van der Waals surface area contributed by atoms with Crippen LogP contribution in [0.25, 0.3) is 0 Å². The fourth-order valence-corrected chi connectivity index (χ4v) is 4.08. The summed E-state index contributed by atoms with van der Waals surface area (Å²) in [6.45, 7) is 6.42. The van der Waals surface area contributed by atoms with Gasteiger partial charge in [-0.05, 0) is 24.5 Å². The molecular formula is C20H30ClNO3S. The highest BCUT2D eigenvalue weighted by molar-refractivity contribution is 7.99. The first kappa shape index (κ1) is 21.2. The molecular weight excluding hydrogens is 370 g/mol. The van der Waals surface area contributed by atoms with Gasteiger partial charge in [-0.15, -0.1) is 11.8 Å². The van der Waals surface area contributed by atoms with Crippen molar-refractivity contribution < 1.29 is 14.3 Å². The average molecular weight is 400 g/mol. The summed E-state index contributed by atoms with van der Waals surface area (Å²) in [5, 5.41) is 0.699. The Morgan fingerprint density at radius 1 is 1.42 bits per heavy atom. The number of carbonyl (C=O) groups excluding carboxylic acids is 1. The van der Waals surface area contributed by atoms with Crippen molar-refractivity contribution in [2.24, 2.45) is 5.92 Å². The zero-order chi connectivity index (χ0) is 18.9. The van der Waals surface area contributed by atoms with Crippen molar-refractivity contribution in [1.29, 1.82) is 0 Å². The van der Waals surface area contributed by atoms with Crippen LogP contribution in [0.2, 0.25) is 5.02 Å². The molecule has 4 nitrogen and oxygen atoms in total. The van der Waals surface area contributed by atoms with Gasteiger partial charge in [0.15, 0.2) is 0 Å².